The normalized spacial score (nSPS) is 21.4. The van der Waals surface area contributed by atoms with Crippen molar-refractivity contribution in [3.63, 3.8) is 0 Å². The number of likely N-dealkylation sites (tertiary alicyclic amines) is 1. The molecule has 106 valence electrons. The Labute approximate surface area is 115 Å². The Morgan fingerprint density at radius 3 is 2.72 bits per heavy atom. The fourth-order valence-corrected chi connectivity index (χ4v) is 3.14. The summed E-state index contributed by atoms with van der Waals surface area (Å²) in [5.74, 6) is 0.971. The van der Waals surface area contributed by atoms with Crippen LogP contribution in [0, 0.1) is 0 Å². The van der Waals surface area contributed by atoms with Crippen molar-refractivity contribution in [2.45, 2.75) is 39.3 Å². The van der Waals surface area contributed by atoms with Gasteiger partial charge < -0.3 is 10.2 Å². The molecule has 0 aliphatic carbocycles. The number of carbonyl (C=O) groups is 1. The third kappa shape index (κ3) is 4.35. The highest BCUT2D eigenvalue weighted by atomic mass is 32.2. The zero-order chi connectivity index (χ0) is 13.5. The van der Waals surface area contributed by atoms with Crippen molar-refractivity contribution in [3.05, 3.63) is 0 Å². The number of carbonyl (C=O) groups excluding carboxylic acids is 1. The number of hydrogen-bond donors (Lipinski definition) is 1. The Kier molecular flexibility index (Phi) is 6.86. The van der Waals surface area contributed by atoms with E-state index >= 15 is 0 Å². The largest absolute Gasteiger partial charge is 0.335 e. The molecule has 1 fully saturated rings. The number of hydrogen-bond acceptors (Lipinski definition) is 3. The Morgan fingerprint density at radius 1 is 1.50 bits per heavy atom. The third-order valence-electron chi connectivity index (χ3n) is 3.57. The van der Waals surface area contributed by atoms with Gasteiger partial charge in [0.2, 0.25) is 0 Å². The van der Waals surface area contributed by atoms with Crippen LogP contribution in [-0.2, 0) is 0 Å². The van der Waals surface area contributed by atoms with Crippen molar-refractivity contribution >= 4 is 17.8 Å². The average molecular weight is 273 g/mol. The van der Waals surface area contributed by atoms with Crippen LogP contribution in [-0.4, -0.2) is 66.1 Å². The van der Waals surface area contributed by atoms with Crippen molar-refractivity contribution in [3.8, 4) is 0 Å². The van der Waals surface area contributed by atoms with Crippen LogP contribution in [0.15, 0.2) is 0 Å². The highest BCUT2D eigenvalue weighted by Crippen LogP contribution is 2.15. The summed E-state index contributed by atoms with van der Waals surface area (Å²) in [5, 5.41) is 3.07. The second-order valence-corrected chi connectivity index (χ2v) is 5.83. The SMILES string of the molecule is CCN(CC)C1CCN(C(=O)NC(C)CSC)C1. The van der Waals surface area contributed by atoms with Crippen LogP contribution >= 0.6 is 11.8 Å². The molecule has 2 unspecified atom stereocenters. The summed E-state index contributed by atoms with van der Waals surface area (Å²) in [6.07, 6.45) is 3.17. The van der Waals surface area contributed by atoms with Crippen molar-refractivity contribution in [1.29, 1.82) is 0 Å². The zero-order valence-corrected chi connectivity index (χ0v) is 12.9. The van der Waals surface area contributed by atoms with Gasteiger partial charge in [0.25, 0.3) is 0 Å². The van der Waals surface area contributed by atoms with Crippen LogP contribution < -0.4 is 5.32 Å². The standard InChI is InChI=1S/C13H27N3OS/c1-5-15(6-2)12-7-8-16(9-12)13(17)14-11(3)10-18-4/h11-12H,5-10H2,1-4H3,(H,14,17). The van der Waals surface area contributed by atoms with Crippen LogP contribution in [0.1, 0.15) is 27.2 Å². The molecule has 5 heteroatoms. The topological polar surface area (TPSA) is 35.6 Å². The Bertz CT molecular complexity index is 259. The smallest absolute Gasteiger partial charge is 0.317 e. The molecule has 4 nitrogen and oxygen atoms in total. The van der Waals surface area contributed by atoms with Crippen LogP contribution in [0.4, 0.5) is 4.79 Å². The lowest BCUT2D eigenvalue weighted by molar-refractivity contribution is 0.191. The minimum absolute atomic E-state index is 0.103. The van der Waals surface area contributed by atoms with Gasteiger partial charge in [0.1, 0.15) is 0 Å². The number of urea groups is 1. The van der Waals surface area contributed by atoms with Gasteiger partial charge in [0, 0.05) is 30.9 Å². The predicted molar refractivity (Wildman–Crippen MR) is 79.3 cm³/mol. The number of rotatable bonds is 6. The first-order valence-electron chi connectivity index (χ1n) is 6.90. The summed E-state index contributed by atoms with van der Waals surface area (Å²) < 4.78 is 0. The monoisotopic (exact) mass is 273 g/mol. The Hall–Kier alpha value is -0.420. The van der Waals surface area contributed by atoms with E-state index in [1.807, 2.05) is 4.90 Å². The molecule has 18 heavy (non-hydrogen) atoms. The first kappa shape index (κ1) is 15.6. The maximum absolute atomic E-state index is 12.1. The maximum atomic E-state index is 12.1. The molecule has 0 saturated carbocycles. The van der Waals surface area contributed by atoms with E-state index in [-0.39, 0.29) is 12.1 Å². The van der Waals surface area contributed by atoms with Crippen molar-refractivity contribution < 1.29 is 4.79 Å². The predicted octanol–water partition coefficient (Wildman–Crippen LogP) is 1.86. The molecular weight excluding hydrogens is 246 g/mol. The summed E-state index contributed by atoms with van der Waals surface area (Å²) >= 11 is 1.77. The van der Waals surface area contributed by atoms with E-state index in [0.29, 0.717) is 6.04 Å². The minimum Gasteiger partial charge on any atom is -0.335 e. The van der Waals surface area contributed by atoms with Gasteiger partial charge in [-0.1, -0.05) is 13.8 Å². The van der Waals surface area contributed by atoms with E-state index in [1.165, 1.54) is 0 Å². The lowest BCUT2D eigenvalue weighted by atomic mass is 10.2. The Morgan fingerprint density at radius 2 is 2.17 bits per heavy atom. The molecule has 2 atom stereocenters. The summed E-state index contributed by atoms with van der Waals surface area (Å²) in [6.45, 7) is 10.3. The van der Waals surface area contributed by atoms with E-state index in [2.05, 4.69) is 37.2 Å². The number of thioether (sulfide) groups is 1. The third-order valence-corrected chi connectivity index (χ3v) is 4.40. The highest BCUT2D eigenvalue weighted by molar-refractivity contribution is 7.98. The van der Waals surface area contributed by atoms with Crippen molar-refractivity contribution in [2.75, 3.05) is 38.2 Å². The van der Waals surface area contributed by atoms with E-state index in [0.717, 1.165) is 38.4 Å². The van der Waals surface area contributed by atoms with E-state index in [1.54, 1.807) is 11.8 Å². The number of nitrogens with zero attached hydrogens (tertiary/aromatic N) is 2. The lowest BCUT2D eigenvalue weighted by Gasteiger charge is -2.26. The van der Waals surface area contributed by atoms with Gasteiger partial charge in [0.05, 0.1) is 0 Å². The molecule has 0 aromatic rings. The molecule has 0 spiro atoms. The summed E-state index contributed by atoms with van der Waals surface area (Å²) in [7, 11) is 0. The molecule has 1 heterocycles. The van der Waals surface area contributed by atoms with Gasteiger partial charge >= 0.3 is 6.03 Å². The minimum atomic E-state index is 0.103. The molecule has 1 N–H and O–H groups in total. The second-order valence-electron chi connectivity index (χ2n) is 4.92. The highest BCUT2D eigenvalue weighted by Gasteiger charge is 2.29. The van der Waals surface area contributed by atoms with Gasteiger partial charge in [-0.25, -0.2) is 4.79 Å². The van der Waals surface area contributed by atoms with Crippen LogP contribution in [0.2, 0.25) is 0 Å². The first-order valence-corrected chi connectivity index (χ1v) is 8.30. The summed E-state index contributed by atoms with van der Waals surface area (Å²) in [4.78, 5) is 16.5. The van der Waals surface area contributed by atoms with Gasteiger partial charge in [-0.3, -0.25) is 4.90 Å². The van der Waals surface area contributed by atoms with Crippen molar-refractivity contribution in [2.24, 2.45) is 0 Å². The van der Waals surface area contributed by atoms with Gasteiger partial charge in [-0.05, 0) is 32.7 Å². The molecule has 0 radical (unpaired) electrons. The van der Waals surface area contributed by atoms with Gasteiger partial charge in [-0.15, -0.1) is 0 Å². The molecule has 1 aliphatic heterocycles. The first-order chi connectivity index (χ1) is 8.62. The molecule has 1 saturated heterocycles. The van der Waals surface area contributed by atoms with Gasteiger partial charge in [-0.2, -0.15) is 11.8 Å². The number of nitrogens with one attached hydrogen (secondary N) is 1. The summed E-state index contributed by atoms with van der Waals surface area (Å²) in [6, 6.07) is 0.896. The summed E-state index contributed by atoms with van der Waals surface area (Å²) in [5.41, 5.74) is 0. The van der Waals surface area contributed by atoms with Crippen LogP contribution in [0.25, 0.3) is 0 Å². The Balaban J connectivity index is 2.38. The van der Waals surface area contributed by atoms with Crippen molar-refractivity contribution in [1.82, 2.24) is 15.1 Å². The van der Waals surface area contributed by atoms with Crippen LogP contribution in [0.5, 0.6) is 0 Å². The molecule has 2 amide bonds. The van der Waals surface area contributed by atoms with Crippen LogP contribution in [0.3, 0.4) is 0 Å². The molecular formula is C13H27N3OS. The fraction of sp³-hybridized carbons (Fsp3) is 0.923. The number of likely N-dealkylation sites (N-methyl/N-ethyl adjacent to an activating group) is 1. The van der Waals surface area contributed by atoms with Gasteiger partial charge in [0.15, 0.2) is 0 Å². The molecule has 0 aromatic carbocycles. The number of amides is 2. The second kappa shape index (κ2) is 7.89. The lowest BCUT2D eigenvalue weighted by Crippen LogP contribution is -2.45. The fourth-order valence-electron chi connectivity index (χ4n) is 2.56. The zero-order valence-electron chi connectivity index (χ0n) is 12.1. The molecule has 1 aliphatic rings. The van der Waals surface area contributed by atoms with E-state index < -0.39 is 0 Å². The van der Waals surface area contributed by atoms with E-state index in [9.17, 15) is 4.79 Å². The molecule has 0 bridgehead atoms. The molecule has 0 aromatic heterocycles. The van der Waals surface area contributed by atoms with E-state index in [4.69, 9.17) is 0 Å². The quantitative estimate of drug-likeness (QED) is 0.802. The average Bonchev–Trinajstić information content (AvgIpc) is 2.80. The maximum Gasteiger partial charge on any atom is 0.317 e. The molecule has 1 rings (SSSR count).